The average molecular weight is 380 g/mol. The van der Waals surface area contributed by atoms with Crippen LogP contribution in [0, 0.1) is 11.3 Å². The first kappa shape index (κ1) is 19.1. The van der Waals surface area contributed by atoms with Crippen molar-refractivity contribution in [3.8, 4) is 29.1 Å². The molecule has 2 aromatic rings. The molecule has 0 aromatic heterocycles. The Balaban J connectivity index is 1.83. The molecule has 1 aliphatic rings. The summed E-state index contributed by atoms with van der Waals surface area (Å²) in [6, 6.07) is 12.2. The molecular formula is C21H20N2O5. The van der Waals surface area contributed by atoms with Gasteiger partial charge in [0, 0.05) is 23.4 Å². The first-order valence-corrected chi connectivity index (χ1v) is 8.87. The van der Waals surface area contributed by atoms with Crippen LogP contribution >= 0.6 is 0 Å². The summed E-state index contributed by atoms with van der Waals surface area (Å²) in [7, 11) is 0. The van der Waals surface area contributed by atoms with Gasteiger partial charge < -0.3 is 24.3 Å². The Labute approximate surface area is 163 Å². The van der Waals surface area contributed by atoms with Gasteiger partial charge in [-0.1, -0.05) is 0 Å². The minimum Gasteiger partial charge on any atom is -0.494 e. The van der Waals surface area contributed by atoms with E-state index in [9.17, 15) is 10.1 Å². The number of nitrogens with one attached hydrogen (secondary N) is 1. The fourth-order valence-corrected chi connectivity index (χ4v) is 2.65. The van der Waals surface area contributed by atoms with Crippen molar-refractivity contribution >= 4 is 17.7 Å². The van der Waals surface area contributed by atoms with Gasteiger partial charge in [-0.05, 0) is 44.2 Å². The molecule has 0 saturated heterocycles. The van der Waals surface area contributed by atoms with Crippen LogP contribution in [-0.2, 0) is 4.79 Å². The number of nitrogens with zero attached hydrogens (tertiary/aromatic N) is 1. The molecule has 0 aliphatic carbocycles. The largest absolute Gasteiger partial charge is 0.494 e. The number of carbonyl (C=O) groups excluding carboxylic acids is 1. The van der Waals surface area contributed by atoms with Crippen LogP contribution in [0.5, 0.6) is 23.0 Å². The predicted molar refractivity (Wildman–Crippen MR) is 104 cm³/mol. The third-order valence-electron chi connectivity index (χ3n) is 3.89. The number of ether oxygens (including phenoxy) is 4. The quantitative estimate of drug-likeness (QED) is 0.581. The van der Waals surface area contributed by atoms with Crippen LogP contribution in [0.1, 0.15) is 19.4 Å². The first-order valence-electron chi connectivity index (χ1n) is 8.87. The molecule has 0 bridgehead atoms. The van der Waals surface area contributed by atoms with Crippen LogP contribution in [-0.4, -0.2) is 25.9 Å². The molecule has 2 aromatic carbocycles. The Hall–Kier alpha value is -3.66. The second-order valence-corrected chi connectivity index (χ2v) is 5.76. The van der Waals surface area contributed by atoms with E-state index in [1.54, 1.807) is 36.4 Å². The highest BCUT2D eigenvalue weighted by Crippen LogP contribution is 2.34. The Morgan fingerprint density at radius 2 is 1.93 bits per heavy atom. The summed E-state index contributed by atoms with van der Waals surface area (Å²) in [4.78, 5) is 12.5. The molecule has 0 atom stereocenters. The van der Waals surface area contributed by atoms with Crippen LogP contribution < -0.4 is 24.3 Å². The lowest BCUT2D eigenvalue weighted by Crippen LogP contribution is -2.13. The molecule has 3 rings (SSSR count). The van der Waals surface area contributed by atoms with Gasteiger partial charge in [-0.15, -0.1) is 0 Å². The normalized spacial score (nSPS) is 12.2. The van der Waals surface area contributed by atoms with Crippen LogP contribution in [0.15, 0.2) is 42.0 Å². The number of benzene rings is 2. The number of nitriles is 1. The van der Waals surface area contributed by atoms with Gasteiger partial charge in [-0.2, -0.15) is 5.26 Å². The summed E-state index contributed by atoms with van der Waals surface area (Å²) in [5.74, 6) is 1.83. The second kappa shape index (κ2) is 8.82. The molecule has 0 spiro atoms. The lowest BCUT2D eigenvalue weighted by molar-refractivity contribution is -0.112. The Morgan fingerprint density at radius 1 is 1.14 bits per heavy atom. The van der Waals surface area contributed by atoms with Gasteiger partial charge in [0.25, 0.3) is 5.91 Å². The van der Waals surface area contributed by atoms with E-state index in [1.807, 2.05) is 19.9 Å². The number of hydrogen-bond acceptors (Lipinski definition) is 6. The fourth-order valence-electron chi connectivity index (χ4n) is 2.65. The summed E-state index contributed by atoms with van der Waals surface area (Å²) in [5, 5.41) is 12.2. The number of rotatable bonds is 7. The van der Waals surface area contributed by atoms with Crippen LogP contribution in [0.2, 0.25) is 0 Å². The zero-order valence-electron chi connectivity index (χ0n) is 15.7. The van der Waals surface area contributed by atoms with Gasteiger partial charge in [-0.3, -0.25) is 4.79 Å². The highest BCUT2D eigenvalue weighted by atomic mass is 16.7. The number of amides is 1. The molecule has 28 heavy (non-hydrogen) atoms. The van der Waals surface area contributed by atoms with Crippen molar-refractivity contribution in [3.63, 3.8) is 0 Å². The molecule has 144 valence electrons. The van der Waals surface area contributed by atoms with Gasteiger partial charge in [0.15, 0.2) is 11.5 Å². The third-order valence-corrected chi connectivity index (χ3v) is 3.89. The van der Waals surface area contributed by atoms with E-state index in [1.165, 1.54) is 6.08 Å². The molecule has 7 nitrogen and oxygen atoms in total. The lowest BCUT2D eigenvalue weighted by Gasteiger charge is -2.11. The average Bonchev–Trinajstić information content (AvgIpc) is 3.15. The summed E-state index contributed by atoms with van der Waals surface area (Å²) in [5.41, 5.74) is 1.07. The van der Waals surface area contributed by atoms with Gasteiger partial charge in [-0.25, -0.2) is 0 Å². The SMILES string of the molecule is CCOc1ccc(/C=C(\C#N)C(=O)Nc2ccc3c(c2)OCO3)c(OCC)c1. The van der Waals surface area contributed by atoms with Crippen molar-refractivity contribution in [2.45, 2.75) is 13.8 Å². The van der Waals surface area contributed by atoms with E-state index in [-0.39, 0.29) is 12.4 Å². The molecule has 1 heterocycles. The van der Waals surface area contributed by atoms with Gasteiger partial charge in [0.2, 0.25) is 6.79 Å². The number of anilines is 1. The summed E-state index contributed by atoms with van der Waals surface area (Å²) < 4.78 is 21.6. The predicted octanol–water partition coefficient (Wildman–Crippen LogP) is 3.76. The van der Waals surface area contributed by atoms with Gasteiger partial charge in [0.1, 0.15) is 23.1 Å². The summed E-state index contributed by atoms with van der Waals surface area (Å²) in [6.45, 7) is 4.87. The van der Waals surface area contributed by atoms with E-state index in [0.29, 0.717) is 47.5 Å². The van der Waals surface area contributed by atoms with E-state index in [0.717, 1.165) is 0 Å². The van der Waals surface area contributed by atoms with Crippen molar-refractivity contribution in [3.05, 3.63) is 47.5 Å². The van der Waals surface area contributed by atoms with E-state index < -0.39 is 5.91 Å². The summed E-state index contributed by atoms with van der Waals surface area (Å²) >= 11 is 0. The molecule has 0 fully saturated rings. The lowest BCUT2D eigenvalue weighted by atomic mass is 10.1. The molecule has 1 amide bonds. The maximum atomic E-state index is 12.5. The van der Waals surface area contributed by atoms with E-state index >= 15 is 0 Å². The Kier molecular flexibility index (Phi) is 6.02. The highest BCUT2D eigenvalue weighted by Gasteiger charge is 2.16. The number of fused-ring (bicyclic) bond motifs is 1. The maximum Gasteiger partial charge on any atom is 0.266 e. The van der Waals surface area contributed by atoms with Crippen LogP contribution in [0.4, 0.5) is 5.69 Å². The van der Waals surface area contributed by atoms with Crippen molar-refractivity contribution < 1.29 is 23.7 Å². The number of carbonyl (C=O) groups is 1. The Bertz CT molecular complexity index is 946. The minimum absolute atomic E-state index is 0.0530. The second-order valence-electron chi connectivity index (χ2n) is 5.76. The smallest absolute Gasteiger partial charge is 0.266 e. The van der Waals surface area contributed by atoms with E-state index in [4.69, 9.17) is 18.9 Å². The molecule has 0 saturated carbocycles. The standard InChI is InChI=1S/C21H20N2O5/c1-3-25-17-7-5-14(19(11-17)26-4-2)9-15(12-22)21(24)23-16-6-8-18-20(10-16)28-13-27-18/h5-11H,3-4,13H2,1-2H3,(H,23,24)/b15-9+. The first-order chi connectivity index (χ1) is 13.6. The summed E-state index contributed by atoms with van der Waals surface area (Å²) in [6.07, 6.45) is 1.49. The Morgan fingerprint density at radius 3 is 2.68 bits per heavy atom. The monoisotopic (exact) mass is 380 g/mol. The van der Waals surface area contributed by atoms with Crippen molar-refractivity contribution in [1.29, 1.82) is 5.26 Å². The molecular weight excluding hydrogens is 360 g/mol. The molecule has 7 heteroatoms. The van der Waals surface area contributed by atoms with Gasteiger partial charge >= 0.3 is 0 Å². The fraction of sp³-hybridized carbons (Fsp3) is 0.238. The highest BCUT2D eigenvalue weighted by molar-refractivity contribution is 6.10. The van der Waals surface area contributed by atoms with E-state index in [2.05, 4.69) is 5.32 Å². The van der Waals surface area contributed by atoms with Crippen molar-refractivity contribution in [2.24, 2.45) is 0 Å². The van der Waals surface area contributed by atoms with Crippen molar-refractivity contribution in [2.75, 3.05) is 25.3 Å². The van der Waals surface area contributed by atoms with Crippen molar-refractivity contribution in [1.82, 2.24) is 0 Å². The zero-order chi connectivity index (χ0) is 19.9. The molecule has 1 N–H and O–H groups in total. The van der Waals surface area contributed by atoms with Gasteiger partial charge in [0.05, 0.1) is 13.2 Å². The minimum atomic E-state index is -0.530. The van der Waals surface area contributed by atoms with Crippen LogP contribution in [0.25, 0.3) is 6.08 Å². The van der Waals surface area contributed by atoms with Crippen LogP contribution in [0.3, 0.4) is 0 Å². The zero-order valence-corrected chi connectivity index (χ0v) is 15.7. The molecule has 0 unspecified atom stereocenters. The number of hydrogen-bond donors (Lipinski definition) is 1. The molecule has 0 radical (unpaired) electrons. The topological polar surface area (TPSA) is 89.8 Å². The third kappa shape index (κ3) is 4.35. The molecule has 1 aliphatic heterocycles. The maximum absolute atomic E-state index is 12.5.